The lowest BCUT2D eigenvalue weighted by atomic mass is 9.95. The summed E-state index contributed by atoms with van der Waals surface area (Å²) >= 11 is 4.13. The third-order valence-electron chi connectivity index (χ3n) is 5.97. The number of rotatable bonds is 4. The van der Waals surface area contributed by atoms with Gasteiger partial charge in [0.25, 0.3) is 0 Å². The predicted molar refractivity (Wildman–Crippen MR) is 128 cm³/mol. The number of thiol groups is 1. The van der Waals surface area contributed by atoms with E-state index >= 15 is 0 Å². The van der Waals surface area contributed by atoms with Crippen LogP contribution < -0.4 is 26.8 Å². The Morgan fingerprint density at radius 1 is 1.27 bits per heavy atom. The molecule has 2 unspecified atom stereocenters. The van der Waals surface area contributed by atoms with Gasteiger partial charge in [-0.2, -0.15) is 18.2 Å². The van der Waals surface area contributed by atoms with E-state index in [-0.39, 0.29) is 5.41 Å². The van der Waals surface area contributed by atoms with E-state index in [1.807, 2.05) is 38.1 Å². The Hall–Kier alpha value is -2.41. The number of Topliss-reactive ketones (excluding diaryl/α,β-unsaturated/α-hetero) is 1. The van der Waals surface area contributed by atoms with Gasteiger partial charge in [-0.15, -0.1) is 0 Å². The first-order valence-electron chi connectivity index (χ1n) is 10.1. The average Bonchev–Trinajstić information content (AvgIpc) is 3.45. The maximum atomic E-state index is 11.9. The molecule has 0 amide bonds. The molecule has 0 aromatic heterocycles. The van der Waals surface area contributed by atoms with Crippen molar-refractivity contribution in [1.82, 2.24) is 5.53 Å². The number of nitrogens with one attached hydrogen (secondary N) is 2. The molecule has 6 heteroatoms. The van der Waals surface area contributed by atoms with Crippen LogP contribution in [0.25, 0.3) is 12.2 Å². The van der Waals surface area contributed by atoms with Gasteiger partial charge in [0.15, 0.2) is 0 Å². The van der Waals surface area contributed by atoms with Crippen LogP contribution in [0, 0.1) is 30.6 Å². The molecule has 0 heterocycles. The number of amidine groups is 1. The Bertz CT molecular complexity index is 1080. The summed E-state index contributed by atoms with van der Waals surface area (Å²) in [5, 5.41) is 11.6. The van der Waals surface area contributed by atoms with E-state index in [0.717, 1.165) is 29.7 Å². The molecule has 2 aromatic rings. The van der Waals surface area contributed by atoms with Crippen molar-refractivity contribution in [3.63, 3.8) is 0 Å². The lowest BCUT2D eigenvalue weighted by Gasteiger charge is -2.23. The summed E-state index contributed by atoms with van der Waals surface area (Å²) in [4.78, 5) is 11.9. The number of nitrogens with two attached hydrogens (primary N) is 1. The molecule has 158 valence electrons. The number of hydrogen-bond acceptors (Lipinski definition) is 5. The normalized spacial score (nSPS) is 20.8. The highest BCUT2D eigenvalue weighted by Crippen LogP contribution is 2.57. The molecule has 0 saturated heterocycles. The number of hydrazine groups is 2. The second-order valence-electron chi connectivity index (χ2n) is 8.09. The van der Waals surface area contributed by atoms with Crippen molar-refractivity contribution in [2.24, 2.45) is 17.2 Å². The highest BCUT2D eigenvalue weighted by Gasteiger charge is 2.56. The highest BCUT2D eigenvalue weighted by molar-refractivity contribution is 7.81. The monoisotopic (exact) mass is 422 g/mol. The summed E-state index contributed by atoms with van der Waals surface area (Å²) in [5.74, 6) is 6.84. The number of carbonyl (C=O) groups excluding carboxylic acids is 1. The summed E-state index contributed by atoms with van der Waals surface area (Å²) in [6.07, 6.45) is 6.36. The second kappa shape index (κ2) is 9.16. The third kappa shape index (κ3) is 4.51. The molecule has 2 aliphatic carbocycles. The van der Waals surface area contributed by atoms with Crippen LogP contribution in [0.15, 0.2) is 42.5 Å². The fourth-order valence-electron chi connectivity index (χ4n) is 4.04. The van der Waals surface area contributed by atoms with Crippen molar-refractivity contribution in [2.75, 3.05) is 10.8 Å². The Balaban J connectivity index is 0.000000173. The molecule has 5 nitrogen and oxygen atoms in total. The number of aryl methyl sites for hydroxylation is 2. The molecule has 2 aliphatic rings. The molecule has 4 N–H and O–H groups in total. The molecule has 1 fully saturated rings. The van der Waals surface area contributed by atoms with Crippen LogP contribution in [0.3, 0.4) is 0 Å². The van der Waals surface area contributed by atoms with Crippen molar-refractivity contribution in [3.05, 3.63) is 64.0 Å². The molecular formula is C24H30N4OS. The van der Waals surface area contributed by atoms with Crippen LogP contribution >= 0.6 is 12.6 Å². The SMILES string of the molecule is CC(=N)N(NN)c1cc(C)ccc1C.O=C(CS)C12CC=c3ccccc3=CC1C2. The van der Waals surface area contributed by atoms with Crippen LogP contribution in [-0.4, -0.2) is 17.4 Å². The molecule has 0 spiro atoms. The Kier molecular flexibility index (Phi) is 6.81. The highest BCUT2D eigenvalue weighted by atomic mass is 32.1. The minimum absolute atomic E-state index is 0.110. The Morgan fingerprint density at radius 3 is 2.60 bits per heavy atom. The van der Waals surface area contributed by atoms with Gasteiger partial charge in [0.2, 0.25) is 0 Å². The van der Waals surface area contributed by atoms with E-state index in [1.54, 1.807) is 11.9 Å². The van der Waals surface area contributed by atoms with Gasteiger partial charge in [-0.25, -0.2) is 0 Å². The summed E-state index contributed by atoms with van der Waals surface area (Å²) in [6, 6.07) is 14.4. The number of nitrogens with zero attached hydrogens (tertiary/aromatic N) is 1. The average molecular weight is 423 g/mol. The molecule has 1 saturated carbocycles. The first-order valence-corrected chi connectivity index (χ1v) is 10.8. The van der Waals surface area contributed by atoms with Crippen molar-refractivity contribution in [1.29, 1.82) is 5.41 Å². The van der Waals surface area contributed by atoms with Gasteiger partial charge in [-0.05, 0) is 67.2 Å². The van der Waals surface area contributed by atoms with Gasteiger partial charge < -0.3 is 0 Å². The molecule has 0 bridgehead atoms. The van der Waals surface area contributed by atoms with Gasteiger partial charge in [-0.3, -0.25) is 21.1 Å². The molecule has 0 aliphatic heterocycles. The fourth-order valence-corrected chi connectivity index (χ4v) is 4.36. The first kappa shape index (κ1) is 22.3. The fraction of sp³-hybridized carbons (Fsp3) is 0.333. The van der Waals surface area contributed by atoms with E-state index in [2.05, 4.69) is 48.5 Å². The number of anilines is 1. The number of fused-ring (bicyclic) bond motifs is 2. The number of carbonyl (C=O) groups is 1. The van der Waals surface area contributed by atoms with E-state index in [0.29, 0.717) is 23.3 Å². The quantitative estimate of drug-likeness (QED) is 0.201. The Labute approximate surface area is 183 Å². The van der Waals surface area contributed by atoms with E-state index < -0.39 is 0 Å². The molecule has 2 aromatic carbocycles. The minimum Gasteiger partial charge on any atom is -0.298 e. The maximum Gasteiger partial charge on any atom is 0.149 e. The van der Waals surface area contributed by atoms with Gasteiger partial charge in [-0.1, -0.05) is 48.6 Å². The third-order valence-corrected chi connectivity index (χ3v) is 6.25. The second-order valence-corrected chi connectivity index (χ2v) is 8.41. The van der Waals surface area contributed by atoms with Crippen molar-refractivity contribution < 1.29 is 4.79 Å². The van der Waals surface area contributed by atoms with Gasteiger partial charge in [0.05, 0.1) is 5.69 Å². The maximum absolute atomic E-state index is 11.9. The van der Waals surface area contributed by atoms with Crippen molar-refractivity contribution in [2.45, 2.75) is 33.6 Å². The van der Waals surface area contributed by atoms with Crippen LogP contribution in [0.4, 0.5) is 5.69 Å². The summed E-state index contributed by atoms with van der Waals surface area (Å²) < 4.78 is 0. The van der Waals surface area contributed by atoms with Crippen molar-refractivity contribution >= 4 is 42.1 Å². The van der Waals surface area contributed by atoms with Crippen molar-refractivity contribution in [3.8, 4) is 0 Å². The molecular weight excluding hydrogens is 392 g/mol. The van der Waals surface area contributed by atoms with Crippen LogP contribution in [-0.2, 0) is 4.79 Å². The van der Waals surface area contributed by atoms with Crippen LogP contribution in [0.5, 0.6) is 0 Å². The predicted octanol–water partition coefficient (Wildman–Crippen LogP) is 2.64. The lowest BCUT2D eigenvalue weighted by Crippen LogP contribution is -2.46. The smallest absolute Gasteiger partial charge is 0.149 e. The zero-order valence-corrected chi connectivity index (χ0v) is 18.7. The number of benzene rings is 2. The Morgan fingerprint density at radius 2 is 1.97 bits per heavy atom. The van der Waals surface area contributed by atoms with Crippen LogP contribution in [0.1, 0.15) is 30.9 Å². The number of ketones is 1. The summed E-state index contributed by atoms with van der Waals surface area (Å²) in [5.41, 5.74) is 5.53. The van der Waals surface area contributed by atoms with Gasteiger partial charge in [0.1, 0.15) is 11.6 Å². The summed E-state index contributed by atoms with van der Waals surface area (Å²) in [7, 11) is 0. The molecule has 4 rings (SSSR count). The zero-order chi connectivity index (χ0) is 21.9. The molecule has 2 atom stereocenters. The molecule has 30 heavy (non-hydrogen) atoms. The topological polar surface area (TPSA) is 82.2 Å². The van der Waals surface area contributed by atoms with Gasteiger partial charge >= 0.3 is 0 Å². The first-order chi connectivity index (χ1) is 14.3. The standard InChI is InChI=1S/C14H14OS.C10H16N4/c15-13(9-16)14-6-5-10-3-1-2-4-11(10)7-12(14)8-14;1-7-4-5-8(2)10(6-7)14(13-12)9(3)11/h1-5,7,12,16H,6,8-9H2;4-6,11,13H,12H2,1-3H3. The van der Waals surface area contributed by atoms with Gasteiger partial charge in [0, 0.05) is 11.2 Å². The van der Waals surface area contributed by atoms with E-state index in [4.69, 9.17) is 11.3 Å². The van der Waals surface area contributed by atoms with Crippen LogP contribution in [0.2, 0.25) is 0 Å². The van der Waals surface area contributed by atoms with E-state index in [1.165, 1.54) is 10.4 Å². The largest absolute Gasteiger partial charge is 0.298 e. The van der Waals surface area contributed by atoms with E-state index in [9.17, 15) is 4.79 Å². The number of hydrogen-bond donors (Lipinski definition) is 4. The zero-order valence-electron chi connectivity index (χ0n) is 17.8. The molecule has 0 radical (unpaired) electrons. The lowest BCUT2D eigenvalue weighted by molar-refractivity contribution is -0.121. The summed E-state index contributed by atoms with van der Waals surface area (Å²) in [6.45, 7) is 5.68. The minimum atomic E-state index is -0.110.